The standard InChI is InChI=1S/C20H21FN2O3/c1-12(2)18(23-19(25)14-7-9-16(21)10-8-14)20(26)22-17-6-4-5-15(11-17)13(3)24/h4-12,18H,1-3H3,(H,22,26)(H,23,25)/t18-/m1/s1. The van der Waals surface area contributed by atoms with Gasteiger partial charge in [0.2, 0.25) is 5.91 Å². The third-order valence-electron chi connectivity index (χ3n) is 3.88. The van der Waals surface area contributed by atoms with Gasteiger partial charge in [-0.25, -0.2) is 4.39 Å². The summed E-state index contributed by atoms with van der Waals surface area (Å²) in [6.07, 6.45) is 0. The van der Waals surface area contributed by atoms with E-state index in [1.807, 2.05) is 0 Å². The summed E-state index contributed by atoms with van der Waals surface area (Å²) >= 11 is 0. The van der Waals surface area contributed by atoms with Gasteiger partial charge in [-0.2, -0.15) is 0 Å². The molecule has 0 fully saturated rings. The zero-order chi connectivity index (χ0) is 19.3. The van der Waals surface area contributed by atoms with Crippen LogP contribution in [-0.2, 0) is 4.79 Å². The summed E-state index contributed by atoms with van der Waals surface area (Å²) < 4.78 is 13.0. The van der Waals surface area contributed by atoms with Gasteiger partial charge < -0.3 is 10.6 Å². The minimum Gasteiger partial charge on any atom is -0.340 e. The third-order valence-corrected chi connectivity index (χ3v) is 3.88. The fourth-order valence-corrected chi connectivity index (χ4v) is 2.40. The van der Waals surface area contributed by atoms with Crippen molar-refractivity contribution in [2.24, 2.45) is 5.92 Å². The van der Waals surface area contributed by atoms with E-state index in [0.717, 1.165) is 0 Å². The van der Waals surface area contributed by atoms with Gasteiger partial charge in [0.05, 0.1) is 0 Å². The minimum atomic E-state index is -0.784. The molecule has 0 aromatic heterocycles. The molecule has 0 unspecified atom stereocenters. The van der Waals surface area contributed by atoms with Gasteiger partial charge in [-0.05, 0) is 49.2 Å². The quantitative estimate of drug-likeness (QED) is 0.779. The number of Topliss-reactive ketones (excluding diaryl/α,β-unsaturated/α-hetero) is 1. The molecule has 0 spiro atoms. The van der Waals surface area contributed by atoms with Gasteiger partial charge in [0.25, 0.3) is 5.91 Å². The van der Waals surface area contributed by atoms with E-state index in [2.05, 4.69) is 10.6 Å². The van der Waals surface area contributed by atoms with Crippen molar-refractivity contribution in [1.29, 1.82) is 0 Å². The van der Waals surface area contributed by atoms with E-state index in [-0.39, 0.29) is 17.3 Å². The fourth-order valence-electron chi connectivity index (χ4n) is 2.40. The zero-order valence-corrected chi connectivity index (χ0v) is 14.9. The third kappa shape index (κ3) is 4.99. The number of benzene rings is 2. The number of anilines is 1. The van der Waals surface area contributed by atoms with E-state index in [4.69, 9.17) is 0 Å². The Balaban J connectivity index is 2.12. The molecule has 26 heavy (non-hydrogen) atoms. The Morgan fingerprint density at radius 1 is 0.962 bits per heavy atom. The monoisotopic (exact) mass is 356 g/mol. The number of carbonyl (C=O) groups is 3. The SMILES string of the molecule is CC(=O)c1cccc(NC(=O)[C@H](NC(=O)c2ccc(F)cc2)C(C)C)c1. The number of carbonyl (C=O) groups excluding carboxylic acids is 3. The average Bonchev–Trinajstić information content (AvgIpc) is 2.59. The molecular weight excluding hydrogens is 335 g/mol. The van der Waals surface area contributed by atoms with E-state index in [1.165, 1.54) is 31.2 Å². The molecule has 0 aliphatic heterocycles. The van der Waals surface area contributed by atoms with E-state index >= 15 is 0 Å². The second-order valence-corrected chi connectivity index (χ2v) is 6.33. The van der Waals surface area contributed by atoms with Crippen molar-refractivity contribution in [2.45, 2.75) is 26.8 Å². The maximum atomic E-state index is 13.0. The lowest BCUT2D eigenvalue weighted by Gasteiger charge is -2.22. The zero-order valence-electron chi connectivity index (χ0n) is 14.9. The Labute approximate surface area is 151 Å². The molecule has 2 aromatic rings. The summed E-state index contributed by atoms with van der Waals surface area (Å²) in [6, 6.07) is 10.9. The summed E-state index contributed by atoms with van der Waals surface area (Å²) in [5.74, 6) is -1.57. The average molecular weight is 356 g/mol. The molecule has 0 saturated heterocycles. The first-order valence-corrected chi connectivity index (χ1v) is 8.26. The van der Waals surface area contributed by atoms with Crippen LogP contribution in [0.2, 0.25) is 0 Å². The predicted octanol–water partition coefficient (Wildman–Crippen LogP) is 3.42. The molecule has 0 aliphatic carbocycles. The minimum absolute atomic E-state index is 0.105. The Morgan fingerprint density at radius 3 is 2.19 bits per heavy atom. The molecule has 2 amide bonds. The van der Waals surface area contributed by atoms with Gasteiger partial charge in [0.15, 0.2) is 5.78 Å². The lowest BCUT2D eigenvalue weighted by molar-refractivity contribution is -0.118. The van der Waals surface area contributed by atoms with Crippen LogP contribution in [-0.4, -0.2) is 23.6 Å². The van der Waals surface area contributed by atoms with Crippen LogP contribution in [0.5, 0.6) is 0 Å². The first kappa shape index (κ1) is 19.3. The van der Waals surface area contributed by atoms with E-state index in [1.54, 1.807) is 38.1 Å². The normalized spacial score (nSPS) is 11.7. The highest BCUT2D eigenvalue weighted by Crippen LogP contribution is 2.14. The van der Waals surface area contributed by atoms with Gasteiger partial charge >= 0.3 is 0 Å². The van der Waals surface area contributed by atoms with E-state index < -0.39 is 23.7 Å². The fraction of sp³-hybridized carbons (Fsp3) is 0.250. The van der Waals surface area contributed by atoms with Crippen LogP contribution in [0.1, 0.15) is 41.5 Å². The first-order valence-electron chi connectivity index (χ1n) is 8.26. The summed E-state index contributed by atoms with van der Waals surface area (Å²) in [5.41, 5.74) is 1.23. The molecule has 0 heterocycles. The summed E-state index contributed by atoms with van der Waals surface area (Å²) in [4.78, 5) is 36.4. The lowest BCUT2D eigenvalue weighted by atomic mass is 10.0. The predicted molar refractivity (Wildman–Crippen MR) is 97.6 cm³/mol. The first-order chi connectivity index (χ1) is 12.3. The van der Waals surface area contributed by atoms with Crippen molar-refractivity contribution in [3.8, 4) is 0 Å². The molecule has 2 N–H and O–H groups in total. The van der Waals surface area contributed by atoms with Crippen LogP contribution in [0.4, 0.5) is 10.1 Å². The highest BCUT2D eigenvalue weighted by molar-refractivity contribution is 6.02. The summed E-state index contributed by atoms with van der Waals surface area (Å²) in [5, 5.41) is 5.39. The number of amides is 2. The molecule has 5 nitrogen and oxygen atoms in total. The molecule has 6 heteroatoms. The molecule has 0 bridgehead atoms. The van der Waals surface area contributed by atoms with Gasteiger partial charge in [0, 0.05) is 16.8 Å². The van der Waals surface area contributed by atoms with Crippen LogP contribution in [0, 0.1) is 11.7 Å². The number of rotatable bonds is 6. The number of ketones is 1. The molecule has 1 atom stereocenters. The molecule has 0 aliphatic rings. The van der Waals surface area contributed by atoms with E-state index in [9.17, 15) is 18.8 Å². The Morgan fingerprint density at radius 2 is 1.62 bits per heavy atom. The van der Waals surface area contributed by atoms with Crippen LogP contribution in [0.25, 0.3) is 0 Å². The van der Waals surface area contributed by atoms with Crippen LogP contribution < -0.4 is 10.6 Å². The highest BCUT2D eigenvalue weighted by atomic mass is 19.1. The van der Waals surface area contributed by atoms with E-state index in [0.29, 0.717) is 11.3 Å². The maximum absolute atomic E-state index is 13.0. The van der Waals surface area contributed by atoms with Gasteiger partial charge in [-0.3, -0.25) is 14.4 Å². The van der Waals surface area contributed by atoms with Crippen molar-refractivity contribution in [1.82, 2.24) is 5.32 Å². The number of nitrogens with one attached hydrogen (secondary N) is 2. The second-order valence-electron chi connectivity index (χ2n) is 6.33. The molecular formula is C20H21FN2O3. The van der Waals surface area contributed by atoms with Gasteiger partial charge in [-0.15, -0.1) is 0 Å². The Hall–Kier alpha value is -3.02. The maximum Gasteiger partial charge on any atom is 0.251 e. The van der Waals surface area contributed by atoms with Crippen molar-refractivity contribution >= 4 is 23.3 Å². The van der Waals surface area contributed by atoms with Gasteiger partial charge in [0.1, 0.15) is 11.9 Å². The Kier molecular flexibility index (Phi) is 6.22. The summed E-state index contributed by atoms with van der Waals surface area (Å²) in [6.45, 7) is 5.06. The van der Waals surface area contributed by atoms with Crippen LogP contribution >= 0.6 is 0 Å². The molecule has 2 rings (SSSR count). The second kappa shape index (κ2) is 8.38. The van der Waals surface area contributed by atoms with Crippen LogP contribution in [0.15, 0.2) is 48.5 Å². The molecule has 2 aromatic carbocycles. The topological polar surface area (TPSA) is 75.3 Å². The Bertz CT molecular complexity index is 816. The number of hydrogen-bond acceptors (Lipinski definition) is 3. The van der Waals surface area contributed by atoms with Crippen LogP contribution in [0.3, 0.4) is 0 Å². The largest absolute Gasteiger partial charge is 0.340 e. The molecule has 136 valence electrons. The number of halogens is 1. The van der Waals surface area contributed by atoms with Crippen molar-refractivity contribution in [2.75, 3.05) is 5.32 Å². The smallest absolute Gasteiger partial charge is 0.251 e. The van der Waals surface area contributed by atoms with Crippen molar-refractivity contribution < 1.29 is 18.8 Å². The molecule has 0 saturated carbocycles. The van der Waals surface area contributed by atoms with Crippen molar-refractivity contribution in [3.63, 3.8) is 0 Å². The van der Waals surface area contributed by atoms with Gasteiger partial charge in [-0.1, -0.05) is 26.0 Å². The highest BCUT2D eigenvalue weighted by Gasteiger charge is 2.25. The molecule has 0 radical (unpaired) electrons. The number of hydrogen-bond donors (Lipinski definition) is 2. The van der Waals surface area contributed by atoms with Crippen molar-refractivity contribution in [3.05, 3.63) is 65.5 Å². The lowest BCUT2D eigenvalue weighted by Crippen LogP contribution is -2.47. The summed E-state index contributed by atoms with van der Waals surface area (Å²) in [7, 11) is 0.